The fraction of sp³-hybridized carbons (Fsp3) is 0.250. The Bertz CT molecular complexity index is 1090. The molecule has 1 aliphatic heterocycles. The number of fused-ring (bicyclic) bond motifs is 1. The van der Waals surface area contributed by atoms with Crippen molar-refractivity contribution >= 4 is 28.8 Å². The number of carbonyl (C=O) groups excluding carboxylic acids is 2. The van der Waals surface area contributed by atoms with Gasteiger partial charge in [-0.05, 0) is 52.8 Å². The molecule has 0 bridgehead atoms. The van der Waals surface area contributed by atoms with Gasteiger partial charge in [-0.15, -0.1) is 11.3 Å². The fourth-order valence-corrected chi connectivity index (χ4v) is 4.55. The monoisotopic (exact) mass is 422 g/mol. The number of nitrogens with one attached hydrogen (secondary N) is 1. The lowest BCUT2D eigenvalue weighted by atomic mass is 9.86. The SMILES string of the molecule is CC(C)(C)c1ccc(C(=O)N2CC(=O)Nc3ccc(F)cc3C2c2cccs2)cc1. The first-order valence-electron chi connectivity index (χ1n) is 9.78. The van der Waals surface area contributed by atoms with Crippen molar-refractivity contribution in [1.29, 1.82) is 0 Å². The van der Waals surface area contributed by atoms with Crippen LogP contribution >= 0.6 is 11.3 Å². The summed E-state index contributed by atoms with van der Waals surface area (Å²) in [5, 5.41) is 4.72. The van der Waals surface area contributed by atoms with E-state index in [0.29, 0.717) is 16.8 Å². The topological polar surface area (TPSA) is 49.4 Å². The number of benzene rings is 2. The van der Waals surface area contributed by atoms with Crippen LogP contribution in [0.2, 0.25) is 0 Å². The summed E-state index contributed by atoms with van der Waals surface area (Å²) in [7, 11) is 0. The highest BCUT2D eigenvalue weighted by atomic mass is 32.1. The molecule has 4 rings (SSSR count). The van der Waals surface area contributed by atoms with Crippen LogP contribution in [0.1, 0.15) is 53.2 Å². The Kier molecular flexibility index (Phi) is 5.20. The lowest BCUT2D eigenvalue weighted by molar-refractivity contribution is -0.117. The van der Waals surface area contributed by atoms with E-state index in [-0.39, 0.29) is 23.8 Å². The Morgan fingerprint density at radius 1 is 1.13 bits per heavy atom. The molecular weight excluding hydrogens is 399 g/mol. The molecule has 1 atom stereocenters. The fourth-order valence-electron chi connectivity index (χ4n) is 3.70. The molecule has 2 aromatic carbocycles. The van der Waals surface area contributed by atoms with Gasteiger partial charge in [-0.3, -0.25) is 9.59 Å². The van der Waals surface area contributed by atoms with Gasteiger partial charge in [-0.25, -0.2) is 4.39 Å². The molecule has 2 amide bonds. The molecule has 154 valence electrons. The summed E-state index contributed by atoms with van der Waals surface area (Å²) in [6.45, 7) is 6.22. The maximum Gasteiger partial charge on any atom is 0.255 e. The van der Waals surface area contributed by atoms with Crippen molar-refractivity contribution < 1.29 is 14.0 Å². The van der Waals surface area contributed by atoms with E-state index in [1.807, 2.05) is 29.6 Å². The predicted octanol–water partition coefficient (Wildman–Crippen LogP) is 5.37. The Balaban J connectivity index is 1.80. The lowest BCUT2D eigenvalue weighted by Crippen LogP contribution is -2.38. The molecule has 4 nitrogen and oxygen atoms in total. The molecule has 0 saturated heterocycles. The zero-order valence-corrected chi connectivity index (χ0v) is 17.9. The smallest absolute Gasteiger partial charge is 0.255 e. The second kappa shape index (κ2) is 7.69. The summed E-state index contributed by atoms with van der Waals surface area (Å²) >= 11 is 1.48. The van der Waals surface area contributed by atoms with Crippen molar-refractivity contribution in [3.63, 3.8) is 0 Å². The molecule has 0 spiro atoms. The van der Waals surface area contributed by atoms with E-state index in [0.717, 1.165) is 10.4 Å². The number of amides is 2. The van der Waals surface area contributed by atoms with E-state index >= 15 is 0 Å². The maximum absolute atomic E-state index is 14.1. The highest BCUT2D eigenvalue weighted by molar-refractivity contribution is 7.10. The van der Waals surface area contributed by atoms with Gasteiger partial charge in [0.25, 0.3) is 5.91 Å². The minimum absolute atomic E-state index is 0.0277. The van der Waals surface area contributed by atoms with E-state index in [1.54, 1.807) is 18.2 Å². The molecule has 30 heavy (non-hydrogen) atoms. The predicted molar refractivity (Wildman–Crippen MR) is 117 cm³/mol. The number of halogens is 1. The minimum atomic E-state index is -0.551. The van der Waals surface area contributed by atoms with E-state index in [9.17, 15) is 14.0 Å². The molecule has 1 unspecified atom stereocenters. The van der Waals surface area contributed by atoms with E-state index in [1.165, 1.54) is 28.4 Å². The average Bonchev–Trinajstić information content (AvgIpc) is 3.18. The first-order valence-corrected chi connectivity index (χ1v) is 10.7. The average molecular weight is 423 g/mol. The third-order valence-electron chi connectivity index (χ3n) is 5.28. The van der Waals surface area contributed by atoms with Crippen molar-refractivity contribution in [2.45, 2.75) is 32.2 Å². The molecule has 0 saturated carbocycles. The van der Waals surface area contributed by atoms with Crippen LogP contribution in [0.3, 0.4) is 0 Å². The number of anilines is 1. The number of thiophene rings is 1. The van der Waals surface area contributed by atoms with Crippen LogP contribution in [0.15, 0.2) is 60.0 Å². The maximum atomic E-state index is 14.1. The van der Waals surface area contributed by atoms with Gasteiger partial charge in [0.2, 0.25) is 5.91 Å². The molecule has 3 aromatic rings. The summed E-state index contributed by atoms with van der Waals surface area (Å²) < 4.78 is 14.1. The zero-order chi connectivity index (χ0) is 21.5. The van der Waals surface area contributed by atoms with Crippen LogP contribution in [-0.4, -0.2) is 23.3 Å². The van der Waals surface area contributed by atoms with Crippen molar-refractivity contribution in [3.05, 3.63) is 87.4 Å². The van der Waals surface area contributed by atoms with E-state index in [4.69, 9.17) is 0 Å². The standard InChI is InChI=1S/C24H23FN2O2S/c1-24(2,3)16-8-6-15(7-9-16)23(29)27-14-21(28)26-19-11-10-17(25)13-18(19)22(27)20-5-4-12-30-20/h4-13,22H,14H2,1-3H3,(H,26,28). The molecule has 2 heterocycles. The minimum Gasteiger partial charge on any atom is -0.324 e. The number of nitrogens with zero attached hydrogens (tertiary/aromatic N) is 1. The first kappa shape index (κ1) is 20.3. The molecule has 0 aliphatic carbocycles. The van der Waals surface area contributed by atoms with Gasteiger partial charge in [0, 0.05) is 21.7 Å². The van der Waals surface area contributed by atoms with Crippen LogP contribution in [0, 0.1) is 5.82 Å². The molecule has 1 aliphatic rings. The number of rotatable bonds is 2. The van der Waals surface area contributed by atoms with Crippen LogP contribution in [0.5, 0.6) is 0 Å². The second-order valence-electron chi connectivity index (χ2n) is 8.46. The summed E-state index contributed by atoms with van der Waals surface area (Å²) in [6.07, 6.45) is 0. The van der Waals surface area contributed by atoms with Crippen molar-refractivity contribution in [2.75, 3.05) is 11.9 Å². The van der Waals surface area contributed by atoms with Gasteiger partial charge in [0.15, 0.2) is 0 Å². The van der Waals surface area contributed by atoms with Gasteiger partial charge in [-0.2, -0.15) is 0 Å². The zero-order valence-electron chi connectivity index (χ0n) is 17.1. The molecule has 1 aromatic heterocycles. The van der Waals surface area contributed by atoms with Crippen LogP contribution < -0.4 is 5.32 Å². The third-order valence-corrected chi connectivity index (χ3v) is 6.20. The molecule has 0 radical (unpaired) electrons. The number of hydrogen-bond donors (Lipinski definition) is 1. The van der Waals surface area contributed by atoms with Crippen LogP contribution in [0.4, 0.5) is 10.1 Å². The second-order valence-corrected chi connectivity index (χ2v) is 9.44. The summed E-state index contributed by atoms with van der Waals surface area (Å²) in [5.41, 5.74) is 2.69. The highest BCUT2D eigenvalue weighted by Crippen LogP contribution is 2.39. The van der Waals surface area contributed by atoms with Gasteiger partial charge in [-0.1, -0.05) is 39.0 Å². The molecule has 0 fully saturated rings. The normalized spacial score (nSPS) is 16.6. The van der Waals surface area contributed by atoms with E-state index in [2.05, 4.69) is 26.1 Å². The van der Waals surface area contributed by atoms with Crippen molar-refractivity contribution in [1.82, 2.24) is 4.90 Å². The molecule has 1 N–H and O–H groups in total. The Morgan fingerprint density at radius 3 is 2.50 bits per heavy atom. The quantitative estimate of drug-likeness (QED) is 0.604. The highest BCUT2D eigenvalue weighted by Gasteiger charge is 2.34. The Hall–Kier alpha value is -2.99. The molecular formula is C24H23FN2O2S. The first-order chi connectivity index (χ1) is 14.2. The number of carbonyl (C=O) groups is 2. The largest absolute Gasteiger partial charge is 0.324 e. The van der Waals surface area contributed by atoms with Gasteiger partial charge < -0.3 is 10.2 Å². The Labute approximate surface area is 179 Å². The summed E-state index contributed by atoms with van der Waals surface area (Å²) in [5.74, 6) is -0.976. The van der Waals surface area contributed by atoms with Crippen LogP contribution in [0.25, 0.3) is 0 Å². The van der Waals surface area contributed by atoms with Crippen molar-refractivity contribution in [2.24, 2.45) is 0 Å². The Morgan fingerprint density at radius 2 is 1.87 bits per heavy atom. The van der Waals surface area contributed by atoms with Gasteiger partial charge in [0.05, 0.1) is 6.04 Å². The van der Waals surface area contributed by atoms with Crippen LogP contribution in [-0.2, 0) is 10.2 Å². The van der Waals surface area contributed by atoms with Crippen molar-refractivity contribution in [3.8, 4) is 0 Å². The molecule has 6 heteroatoms. The van der Waals surface area contributed by atoms with Gasteiger partial charge >= 0.3 is 0 Å². The lowest BCUT2D eigenvalue weighted by Gasteiger charge is -2.30. The summed E-state index contributed by atoms with van der Waals surface area (Å²) in [6, 6.07) is 15.0. The van der Waals surface area contributed by atoms with E-state index < -0.39 is 11.9 Å². The van der Waals surface area contributed by atoms with Gasteiger partial charge in [0.1, 0.15) is 12.4 Å². The summed E-state index contributed by atoms with van der Waals surface area (Å²) in [4.78, 5) is 28.5. The third kappa shape index (κ3) is 3.87. The number of hydrogen-bond acceptors (Lipinski definition) is 3.